The molecule has 25 heavy (non-hydrogen) atoms. The number of rotatable bonds is 3. The molecule has 7 heteroatoms. The first kappa shape index (κ1) is 15.4. The zero-order chi connectivity index (χ0) is 17.2. The number of H-pyrrole nitrogens is 1. The second kappa shape index (κ2) is 6.43. The molecule has 0 bridgehead atoms. The summed E-state index contributed by atoms with van der Waals surface area (Å²) in [6.45, 7) is 3.27. The van der Waals surface area contributed by atoms with Crippen molar-refractivity contribution in [2.45, 2.75) is 19.3 Å². The van der Waals surface area contributed by atoms with Crippen molar-refractivity contribution >= 4 is 5.91 Å². The monoisotopic (exact) mass is 334 g/mol. The predicted octanol–water partition coefficient (Wildman–Crippen LogP) is 2.20. The Bertz CT molecular complexity index is 878. The lowest BCUT2D eigenvalue weighted by Gasteiger charge is -2.16. The van der Waals surface area contributed by atoms with Crippen molar-refractivity contribution in [3.05, 3.63) is 60.1 Å². The van der Waals surface area contributed by atoms with Gasteiger partial charge in [-0.1, -0.05) is 0 Å². The molecule has 1 saturated heterocycles. The van der Waals surface area contributed by atoms with E-state index in [1.165, 1.54) is 0 Å². The summed E-state index contributed by atoms with van der Waals surface area (Å²) in [7, 11) is 0. The van der Waals surface area contributed by atoms with Crippen LogP contribution < -0.4 is 0 Å². The van der Waals surface area contributed by atoms with Crippen LogP contribution in [0.25, 0.3) is 11.5 Å². The summed E-state index contributed by atoms with van der Waals surface area (Å²) in [6, 6.07) is 5.47. The van der Waals surface area contributed by atoms with Gasteiger partial charge >= 0.3 is 0 Å². The summed E-state index contributed by atoms with van der Waals surface area (Å²) in [6.07, 6.45) is 7.66. The molecule has 3 aromatic heterocycles. The van der Waals surface area contributed by atoms with Gasteiger partial charge in [0, 0.05) is 55.1 Å². The lowest BCUT2D eigenvalue weighted by Crippen LogP contribution is -2.28. The second-order valence-corrected chi connectivity index (χ2v) is 6.14. The molecule has 0 saturated carbocycles. The maximum absolute atomic E-state index is 12.6. The molecule has 1 fully saturated rings. The Balaban J connectivity index is 1.55. The number of aromatic amines is 1. The largest absolute Gasteiger partial charge is 0.343 e. The number of hydrogen-bond donors (Lipinski definition) is 1. The van der Waals surface area contributed by atoms with Gasteiger partial charge in [0.25, 0.3) is 5.91 Å². The van der Waals surface area contributed by atoms with Gasteiger partial charge in [-0.2, -0.15) is 0 Å². The van der Waals surface area contributed by atoms with Gasteiger partial charge in [0.15, 0.2) is 5.82 Å². The Morgan fingerprint density at radius 2 is 2.08 bits per heavy atom. The third-order valence-corrected chi connectivity index (χ3v) is 4.42. The fraction of sp³-hybridized carbons (Fsp3) is 0.278. The fourth-order valence-corrected chi connectivity index (χ4v) is 3.19. The van der Waals surface area contributed by atoms with Crippen molar-refractivity contribution < 1.29 is 4.79 Å². The van der Waals surface area contributed by atoms with Crippen LogP contribution in [0.2, 0.25) is 0 Å². The topological polar surface area (TPSA) is 87.7 Å². The third kappa shape index (κ3) is 3.13. The average molecular weight is 334 g/mol. The molecular weight excluding hydrogens is 316 g/mol. The maximum atomic E-state index is 12.6. The van der Waals surface area contributed by atoms with Crippen molar-refractivity contribution in [3.8, 4) is 11.5 Å². The van der Waals surface area contributed by atoms with E-state index in [4.69, 9.17) is 0 Å². The molecule has 0 unspecified atom stereocenters. The molecule has 1 aliphatic heterocycles. The molecule has 4 rings (SSSR count). The van der Waals surface area contributed by atoms with Crippen molar-refractivity contribution in [3.63, 3.8) is 0 Å². The van der Waals surface area contributed by atoms with E-state index in [-0.39, 0.29) is 11.8 Å². The number of hydrogen-bond acceptors (Lipinski definition) is 5. The van der Waals surface area contributed by atoms with E-state index in [0.29, 0.717) is 17.9 Å². The average Bonchev–Trinajstić information content (AvgIpc) is 3.33. The predicted molar refractivity (Wildman–Crippen MR) is 91.8 cm³/mol. The number of amides is 1. The van der Waals surface area contributed by atoms with Crippen molar-refractivity contribution in [2.24, 2.45) is 0 Å². The van der Waals surface area contributed by atoms with E-state index in [1.54, 1.807) is 36.9 Å². The number of carbonyl (C=O) groups is 1. The Hall–Kier alpha value is -3.09. The smallest absolute Gasteiger partial charge is 0.253 e. The van der Waals surface area contributed by atoms with E-state index in [9.17, 15) is 4.79 Å². The molecule has 4 heterocycles. The van der Waals surface area contributed by atoms with E-state index >= 15 is 0 Å². The summed E-state index contributed by atoms with van der Waals surface area (Å²) in [4.78, 5) is 34.8. The van der Waals surface area contributed by atoms with E-state index in [2.05, 4.69) is 24.9 Å². The highest BCUT2D eigenvalue weighted by atomic mass is 16.2. The van der Waals surface area contributed by atoms with Gasteiger partial charge in [0.2, 0.25) is 0 Å². The molecule has 0 aromatic carbocycles. The Morgan fingerprint density at radius 1 is 1.24 bits per heavy atom. The van der Waals surface area contributed by atoms with Crippen LogP contribution in [0.1, 0.15) is 34.2 Å². The minimum Gasteiger partial charge on any atom is -0.343 e. The second-order valence-electron chi connectivity index (χ2n) is 6.14. The minimum absolute atomic E-state index is 0.0435. The van der Waals surface area contributed by atoms with Crippen molar-refractivity contribution in [1.82, 2.24) is 29.8 Å². The standard InChI is InChI=1S/C18H18N6O/c1-12-22-15(10-16(23-12)17-20-7-8-21-17)14-4-9-24(11-14)18(25)13-2-5-19-6-3-13/h2-3,5-8,10,14H,4,9,11H2,1H3,(H,20,21)/t14-/m1/s1. The van der Waals surface area contributed by atoms with Crippen LogP contribution in [0.4, 0.5) is 0 Å². The Labute approximate surface area is 145 Å². The van der Waals surface area contributed by atoms with Gasteiger partial charge in [-0.05, 0) is 31.5 Å². The first-order valence-corrected chi connectivity index (χ1v) is 8.25. The number of aryl methyl sites for hydroxylation is 1. The summed E-state index contributed by atoms with van der Waals surface area (Å²) < 4.78 is 0. The highest BCUT2D eigenvalue weighted by Gasteiger charge is 2.29. The van der Waals surface area contributed by atoms with Gasteiger partial charge in [0.1, 0.15) is 11.5 Å². The molecular formula is C18H18N6O. The lowest BCUT2D eigenvalue weighted by molar-refractivity contribution is 0.0790. The van der Waals surface area contributed by atoms with Crippen LogP contribution in [-0.4, -0.2) is 48.8 Å². The SMILES string of the molecule is Cc1nc(-c2ncc[nH]2)cc([C@@H]2CCN(C(=O)c3ccncc3)C2)n1. The minimum atomic E-state index is 0.0435. The van der Waals surface area contributed by atoms with Gasteiger partial charge in [0.05, 0.1) is 0 Å². The number of likely N-dealkylation sites (tertiary alicyclic amines) is 1. The van der Waals surface area contributed by atoms with Gasteiger partial charge in [-0.3, -0.25) is 9.78 Å². The molecule has 1 N–H and O–H groups in total. The molecule has 126 valence electrons. The highest BCUT2D eigenvalue weighted by molar-refractivity contribution is 5.94. The molecule has 1 atom stereocenters. The van der Waals surface area contributed by atoms with Gasteiger partial charge < -0.3 is 9.88 Å². The number of nitrogens with one attached hydrogen (secondary N) is 1. The normalized spacial score (nSPS) is 17.0. The summed E-state index contributed by atoms with van der Waals surface area (Å²) in [5, 5.41) is 0. The summed E-state index contributed by atoms with van der Waals surface area (Å²) in [5.41, 5.74) is 2.42. The zero-order valence-corrected chi connectivity index (χ0v) is 13.9. The van der Waals surface area contributed by atoms with Crippen LogP contribution in [0, 0.1) is 6.92 Å². The summed E-state index contributed by atoms with van der Waals surface area (Å²) >= 11 is 0. The van der Waals surface area contributed by atoms with Crippen LogP contribution >= 0.6 is 0 Å². The highest BCUT2D eigenvalue weighted by Crippen LogP contribution is 2.28. The van der Waals surface area contributed by atoms with Crippen molar-refractivity contribution in [2.75, 3.05) is 13.1 Å². The lowest BCUT2D eigenvalue weighted by atomic mass is 10.0. The van der Waals surface area contributed by atoms with Crippen LogP contribution in [0.5, 0.6) is 0 Å². The van der Waals surface area contributed by atoms with Gasteiger partial charge in [-0.25, -0.2) is 15.0 Å². The molecule has 1 amide bonds. The number of imidazole rings is 1. The number of carbonyl (C=O) groups excluding carboxylic acids is 1. The van der Waals surface area contributed by atoms with Crippen LogP contribution in [0.15, 0.2) is 43.0 Å². The Morgan fingerprint density at radius 3 is 2.84 bits per heavy atom. The first-order valence-electron chi connectivity index (χ1n) is 8.25. The Kier molecular flexibility index (Phi) is 3.97. The number of pyridine rings is 1. The van der Waals surface area contributed by atoms with Crippen LogP contribution in [0.3, 0.4) is 0 Å². The molecule has 0 spiro atoms. The molecule has 7 nitrogen and oxygen atoms in total. The molecule has 0 radical (unpaired) electrons. The van der Waals surface area contributed by atoms with E-state index in [1.807, 2.05) is 17.9 Å². The quantitative estimate of drug-likeness (QED) is 0.793. The number of nitrogens with zero attached hydrogens (tertiary/aromatic N) is 5. The summed E-state index contributed by atoms with van der Waals surface area (Å²) in [5.74, 6) is 1.69. The zero-order valence-electron chi connectivity index (χ0n) is 13.9. The molecule has 1 aliphatic rings. The van der Waals surface area contributed by atoms with Crippen molar-refractivity contribution in [1.29, 1.82) is 0 Å². The van der Waals surface area contributed by atoms with E-state index < -0.39 is 0 Å². The molecule has 3 aromatic rings. The fourth-order valence-electron chi connectivity index (χ4n) is 3.19. The van der Waals surface area contributed by atoms with Crippen LogP contribution in [-0.2, 0) is 0 Å². The number of aromatic nitrogens is 5. The maximum Gasteiger partial charge on any atom is 0.253 e. The third-order valence-electron chi connectivity index (χ3n) is 4.42. The van der Waals surface area contributed by atoms with Gasteiger partial charge in [-0.15, -0.1) is 0 Å². The van der Waals surface area contributed by atoms with E-state index in [0.717, 1.165) is 30.2 Å². The first-order chi connectivity index (χ1) is 12.2. The molecule has 0 aliphatic carbocycles.